The summed E-state index contributed by atoms with van der Waals surface area (Å²) in [7, 11) is 6.09. The molecule has 1 rings (SSSR count). The normalized spacial score (nSPS) is 18.2. The predicted molar refractivity (Wildman–Crippen MR) is 117 cm³/mol. The highest BCUT2D eigenvalue weighted by Gasteiger charge is 2.23. The van der Waals surface area contributed by atoms with Gasteiger partial charge in [-0.05, 0) is 52.2 Å². The van der Waals surface area contributed by atoms with Crippen molar-refractivity contribution in [2.45, 2.75) is 51.4 Å². The number of primary amides is 1. The molecule has 0 radical (unpaired) electrons. The lowest BCUT2D eigenvalue weighted by molar-refractivity contribution is -0.119. The highest BCUT2D eigenvalue weighted by Crippen LogP contribution is 2.19. The summed E-state index contributed by atoms with van der Waals surface area (Å²) in [6.45, 7) is 4.05. The Labute approximate surface area is 171 Å². The van der Waals surface area contributed by atoms with E-state index in [-0.39, 0.29) is 29.9 Å². The summed E-state index contributed by atoms with van der Waals surface area (Å²) in [6.07, 6.45) is 9.03. The molecule has 1 heterocycles. The predicted octanol–water partition coefficient (Wildman–Crippen LogP) is 2.28. The number of nitrogens with one attached hydrogen (secondary N) is 1. The van der Waals surface area contributed by atoms with Crippen molar-refractivity contribution in [1.82, 2.24) is 15.1 Å². The summed E-state index contributed by atoms with van der Waals surface area (Å²) in [5.41, 5.74) is 5.34. The molecular formula is C18H38IN5O. The molecule has 148 valence electrons. The molecule has 0 saturated carbocycles. The number of rotatable bonds is 10. The molecule has 7 heteroatoms. The number of aliphatic imine (C=N–C) groups is 1. The second-order valence-electron chi connectivity index (χ2n) is 7.17. The smallest absolute Gasteiger partial charge is 0.217 e. The van der Waals surface area contributed by atoms with Crippen LogP contribution in [0.3, 0.4) is 0 Å². The van der Waals surface area contributed by atoms with E-state index in [4.69, 9.17) is 5.73 Å². The number of likely N-dealkylation sites (tertiary alicyclic amines) is 1. The first kappa shape index (κ1) is 24.4. The molecule has 1 aliphatic rings. The first-order chi connectivity index (χ1) is 11.5. The molecule has 0 aromatic heterocycles. The second kappa shape index (κ2) is 14.6. The number of unbranched alkanes of at least 4 members (excludes halogenated alkanes) is 4. The van der Waals surface area contributed by atoms with Crippen LogP contribution < -0.4 is 11.1 Å². The average Bonchev–Trinajstić information content (AvgIpc) is 2.53. The Morgan fingerprint density at radius 3 is 2.56 bits per heavy atom. The Balaban J connectivity index is 0.00000576. The number of carbonyl (C=O) groups is 1. The van der Waals surface area contributed by atoms with Gasteiger partial charge in [0, 0.05) is 33.1 Å². The SMILES string of the molecule is CN=C(NCCCCCCCN(C)C)N1CCCC(CC(N)=O)C1.I. The molecular weight excluding hydrogens is 429 g/mol. The molecule has 25 heavy (non-hydrogen) atoms. The van der Waals surface area contributed by atoms with Crippen LogP contribution in [0.25, 0.3) is 0 Å². The van der Waals surface area contributed by atoms with Crippen LogP contribution in [0.4, 0.5) is 0 Å². The van der Waals surface area contributed by atoms with Crippen molar-refractivity contribution in [3.8, 4) is 0 Å². The van der Waals surface area contributed by atoms with Gasteiger partial charge in [0.25, 0.3) is 0 Å². The number of carbonyl (C=O) groups excluding carboxylic acids is 1. The lowest BCUT2D eigenvalue weighted by Gasteiger charge is -2.34. The minimum Gasteiger partial charge on any atom is -0.370 e. The fraction of sp³-hybridized carbons (Fsp3) is 0.889. The van der Waals surface area contributed by atoms with Crippen molar-refractivity contribution in [2.75, 3.05) is 47.3 Å². The van der Waals surface area contributed by atoms with Crippen LogP contribution in [0, 0.1) is 5.92 Å². The van der Waals surface area contributed by atoms with E-state index in [0.29, 0.717) is 12.3 Å². The number of hydrogen-bond acceptors (Lipinski definition) is 3. The third kappa shape index (κ3) is 11.6. The first-order valence-corrected chi connectivity index (χ1v) is 9.41. The Hall–Kier alpha value is -0.570. The monoisotopic (exact) mass is 467 g/mol. The molecule has 0 bridgehead atoms. The molecule has 1 aliphatic heterocycles. The van der Waals surface area contributed by atoms with Gasteiger partial charge in [-0.25, -0.2) is 0 Å². The largest absolute Gasteiger partial charge is 0.370 e. The van der Waals surface area contributed by atoms with Crippen molar-refractivity contribution >= 4 is 35.8 Å². The maximum absolute atomic E-state index is 11.1. The van der Waals surface area contributed by atoms with Crippen LogP contribution in [0.15, 0.2) is 4.99 Å². The summed E-state index contributed by atoms with van der Waals surface area (Å²) >= 11 is 0. The summed E-state index contributed by atoms with van der Waals surface area (Å²) in [5.74, 6) is 1.14. The first-order valence-electron chi connectivity index (χ1n) is 9.41. The highest BCUT2D eigenvalue weighted by molar-refractivity contribution is 14.0. The third-order valence-electron chi connectivity index (χ3n) is 4.59. The molecule has 0 aliphatic carbocycles. The van der Waals surface area contributed by atoms with Gasteiger partial charge >= 0.3 is 0 Å². The van der Waals surface area contributed by atoms with Crippen molar-refractivity contribution in [3.05, 3.63) is 0 Å². The van der Waals surface area contributed by atoms with Gasteiger partial charge < -0.3 is 20.9 Å². The van der Waals surface area contributed by atoms with Gasteiger partial charge in [0.05, 0.1) is 0 Å². The van der Waals surface area contributed by atoms with Crippen LogP contribution in [-0.2, 0) is 4.79 Å². The van der Waals surface area contributed by atoms with Gasteiger partial charge in [-0.2, -0.15) is 0 Å². The number of hydrogen-bond donors (Lipinski definition) is 2. The molecule has 0 aromatic carbocycles. The maximum atomic E-state index is 11.1. The van der Waals surface area contributed by atoms with Crippen LogP contribution in [-0.4, -0.2) is 69.0 Å². The molecule has 1 fully saturated rings. The van der Waals surface area contributed by atoms with E-state index >= 15 is 0 Å². The van der Waals surface area contributed by atoms with Crippen molar-refractivity contribution in [1.29, 1.82) is 0 Å². The van der Waals surface area contributed by atoms with Gasteiger partial charge in [0.2, 0.25) is 5.91 Å². The summed E-state index contributed by atoms with van der Waals surface area (Å²) in [6, 6.07) is 0. The molecule has 1 saturated heterocycles. The van der Waals surface area contributed by atoms with Crippen molar-refractivity contribution in [2.24, 2.45) is 16.6 Å². The fourth-order valence-electron chi connectivity index (χ4n) is 3.32. The number of nitrogens with two attached hydrogens (primary N) is 1. The molecule has 1 amide bonds. The van der Waals surface area contributed by atoms with E-state index in [2.05, 4.69) is 34.2 Å². The van der Waals surface area contributed by atoms with Crippen LogP contribution >= 0.6 is 24.0 Å². The van der Waals surface area contributed by atoms with E-state index in [1.807, 2.05) is 7.05 Å². The number of amides is 1. The topological polar surface area (TPSA) is 74.0 Å². The number of piperidine rings is 1. The minimum absolute atomic E-state index is 0. The third-order valence-corrected chi connectivity index (χ3v) is 4.59. The lowest BCUT2D eigenvalue weighted by atomic mass is 9.95. The second-order valence-corrected chi connectivity index (χ2v) is 7.17. The Bertz CT molecular complexity index is 390. The quantitative estimate of drug-likeness (QED) is 0.224. The van der Waals surface area contributed by atoms with Gasteiger partial charge in [0.1, 0.15) is 0 Å². The Kier molecular flexibility index (Phi) is 14.3. The zero-order valence-corrected chi connectivity index (χ0v) is 18.6. The van der Waals surface area contributed by atoms with Crippen LogP contribution in [0.1, 0.15) is 51.4 Å². The van der Waals surface area contributed by atoms with E-state index in [1.54, 1.807) is 0 Å². The van der Waals surface area contributed by atoms with E-state index in [9.17, 15) is 4.79 Å². The van der Waals surface area contributed by atoms with Gasteiger partial charge in [-0.3, -0.25) is 9.79 Å². The van der Waals surface area contributed by atoms with E-state index in [1.165, 1.54) is 38.6 Å². The van der Waals surface area contributed by atoms with Crippen LogP contribution in [0.2, 0.25) is 0 Å². The van der Waals surface area contributed by atoms with Crippen LogP contribution in [0.5, 0.6) is 0 Å². The zero-order valence-electron chi connectivity index (χ0n) is 16.3. The van der Waals surface area contributed by atoms with Crippen molar-refractivity contribution < 1.29 is 4.79 Å². The van der Waals surface area contributed by atoms with E-state index in [0.717, 1.165) is 38.4 Å². The number of halogens is 1. The number of nitrogens with zero attached hydrogens (tertiary/aromatic N) is 3. The molecule has 1 unspecified atom stereocenters. The zero-order chi connectivity index (χ0) is 17.8. The standard InChI is InChI=1S/C18H37N5O.HI/c1-20-18(21-11-7-5-4-6-8-12-22(2)3)23-13-9-10-16(15-23)14-17(19)24;/h16H,4-15H2,1-3H3,(H2,19,24)(H,20,21);1H. The lowest BCUT2D eigenvalue weighted by Crippen LogP contribution is -2.47. The Morgan fingerprint density at radius 2 is 1.92 bits per heavy atom. The number of guanidine groups is 1. The minimum atomic E-state index is -0.195. The molecule has 0 aromatic rings. The molecule has 3 N–H and O–H groups in total. The van der Waals surface area contributed by atoms with Gasteiger partial charge in [0.15, 0.2) is 5.96 Å². The highest BCUT2D eigenvalue weighted by atomic mass is 127. The molecule has 0 spiro atoms. The summed E-state index contributed by atoms with van der Waals surface area (Å²) < 4.78 is 0. The average molecular weight is 467 g/mol. The maximum Gasteiger partial charge on any atom is 0.217 e. The van der Waals surface area contributed by atoms with Gasteiger partial charge in [-0.15, -0.1) is 24.0 Å². The fourth-order valence-corrected chi connectivity index (χ4v) is 3.32. The summed E-state index contributed by atoms with van der Waals surface area (Å²) in [4.78, 5) is 20.0. The summed E-state index contributed by atoms with van der Waals surface area (Å²) in [5, 5.41) is 3.47. The molecule has 6 nitrogen and oxygen atoms in total. The molecule has 1 atom stereocenters. The van der Waals surface area contributed by atoms with E-state index < -0.39 is 0 Å². The van der Waals surface area contributed by atoms with Crippen molar-refractivity contribution in [3.63, 3.8) is 0 Å². The van der Waals surface area contributed by atoms with Gasteiger partial charge in [-0.1, -0.05) is 19.3 Å². The Morgan fingerprint density at radius 1 is 1.24 bits per heavy atom.